The Kier molecular flexibility index (Phi) is 4.88. The van der Waals surface area contributed by atoms with Gasteiger partial charge in [0.15, 0.2) is 0 Å². The fourth-order valence-corrected chi connectivity index (χ4v) is 4.33. The zero-order valence-corrected chi connectivity index (χ0v) is 14.0. The van der Waals surface area contributed by atoms with Crippen molar-refractivity contribution >= 4 is 15.9 Å². The van der Waals surface area contributed by atoms with Crippen LogP contribution in [0.15, 0.2) is 0 Å². The average molecular weight is 304 g/mol. The van der Waals surface area contributed by atoms with E-state index in [0.29, 0.717) is 26.2 Å². The van der Waals surface area contributed by atoms with Gasteiger partial charge in [-0.1, -0.05) is 20.8 Å². The quantitative estimate of drug-likeness (QED) is 0.591. The van der Waals surface area contributed by atoms with Crippen molar-refractivity contribution in [1.29, 1.82) is 5.41 Å². The summed E-state index contributed by atoms with van der Waals surface area (Å²) in [6.45, 7) is 11.7. The van der Waals surface area contributed by atoms with Crippen LogP contribution in [0, 0.1) is 10.8 Å². The van der Waals surface area contributed by atoms with Gasteiger partial charge in [0, 0.05) is 26.2 Å². The van der Waals surface area contributed by atoms with Crippen LogP contribution >= 0.6 is 0 Å². The van der Waals surface area contributed by atoms with E-state index in [0.717, 1.165) is 0 Å². The Bertz CT molecular complexity index is 457. The molecule has 0 aromatic carbocycles. The maximum atomic E-state index is 12.3. The summed E-state index contributed by atoms with van der Waals surface area (Å²) in [6.07, 6.45) is 0. The number of sulfonamides is 1. The van der Waals surface area contributed by atoms with E-state index in [1.165, 1.54) is 0 Å². The molecule has 1 fully saturated rings. The van der Waals surface area contributed by atoms with E-state index in [2.05, 4.69) is 4.90 Å². The number of nitrogens with two attached hydrogens (primary N) is 1. The lowest BCUT2D eigenvalue weighted by Gasteiger charge is -2.43. The highest BCUT2D eigenvalue weighted by atomic mass is 32.2. The Morgan fingerprint density at radius 2 is 1.55 bits per heavy atom. The van der Waals surface area contributed by atoms with Crippen LogP contribution in [-0.2, 0) is 10.0 Å². The highest BCUT2D eigenvalue weighted by Crippen LogP contribution is 2.22. The van der Waals surface area contributed by atoms with Crippen molar-refractivity contribution in [1.82, 2.24) is 9.21 Å². The van der Waals surface area contributed by atoms with E-state index in [9.17, 15) is 8.42 Å². The topological polar surface area (TPSA) is 90.5 Å². The summed E-state index contributed by atoms with van der Waals surface area (Å²) < 4.78 is 26.2. The number of hydrogen-bond donors (Lipinski definition) is 2. The molecule has 6 nitrogen and oxygen atoms in total. The van der Waals surface area contributed by atoms with Crippen LogP contribution in [0.5, 0.6) is 0 Å². The SMILES string of the molecule is CC(C)(C)CS(=O)(=O)N1CCN(C(C)(C)C(=N)N)CC1. The van der Waals surface area contributed by atoms with Gasteiger partial charge in [0.1, 0.15) is 5.84 Å². The summed E-state index contributed by atoms with van der Waals surface area (Å²) in [5.41, 5.74) is 4.86. The second kappa shape index (κ2) is 5.61. The smallest absolute Gasteiger partial charge is 0.214 e. The van der Waals surface area contributed by atoms with Crippen LogP contribution in [0.25, 0.3) is 0 Å². The highest BCUT2D eigenvalue weighted by Gasteiger charge is 2.36. The first kappa shape index (κ1) is 17.4. The molecule has 0 saturated carbocycles. The van der Waals surface area contributed by atoms with Gasteiger partial charge in [0.05, 0.1) is 11.3 Å². The molecule has 1 rings (SSSR count). The van der Waals surface area contributed by atoms with Gasteiger partial charge in [-0.2, -0.15) is 4.31 Å². The first-order valence-electron chi connectivity index (χ1n) is 6.94. The Balaban J connectivity index is 2.70. The fourth-order valence-electron chi connectivity index (χ4n) is 2.33. The van der Waals surface area contributed by atoms with Crippen LogP contribution in [0.1, 0.15) is 34.6 Å². The van der Waals surface area contributed by atoms with Gasteiger partial charge < -0.3 is 5.73 Å². The molecule has 0 aromatic rings. The summed E-state index contributed by atoms with van der Waals surface area (Å²) in [5, 5.41) is 7.63. The predicted molar refractivity (Wildman–Crippen MR) is 82.4 cm³/mol. The highest BCUT2D eigenvalue weighted by molar-refractivity contribution is 7.89. The molecule has 0 atom stereocenters. The number of nitrogens with one attached hydrogen (secondary N) is 1. The van der Waals surface area contributed by atoms with Crippen LogP contribution in [-0.4, -0.2) is 60.9 Å². The van der Waals surface area contributed by atoms with Gasteiger partial charge >= 0.3 is 0 Å². The molecular weight excluding hydrogens is 276 g/mol. The second-order valence-corrected chi connectivity index (χ2v) is 9.14. The molecule has 0 bridgehead atoms. The Labute approximate surface area is 122 Å². The summed E-state index contributed by atoms with van der Waals surface area (Å²) in [6, 6.07) is 0. The summed E-state index contributed by atoms with van der Waals surface area (Å²) in [4.78, 5) is 2.07. The van der Waals surface area contributed by atoms with Gasteiger partial charge in [-0.05, 0) is 19.3 Å². The zero-order chi connectivity index (χ0) is 15.8. The van der Waals surface area contributed by atoms with E-state index in [1.807, 2.05) is 34.6 Å². The molecule has 0 spiro atoms. The minimum absolute atomic E-state index is 0.114. The molecule has 1 aliphatic rings. The van der Waals surface area contributed by atoms with Crippen LogP contribution in [0.4, 0.5) is 0 Å². The van der Waals surface area contributed by atoms with Gasteiger partial charge in [-0.25, -0.2) is 8.42 Å². The van der Waals surface area contributed by atoms with Crippen molar-refractivity contribution in [2.45, 2.75) is 40.2 Å². The lowest BCUT2D eigenvalue weighted by molar-refractivity contribution is 0.121. The Morgan fingerprint density at radius 1 is 1.10 bits per heavy atom. The monoisotopic (exact) mass is 304 g/mol. The van der Waals surface area contributed by atoms with Gasteiger partial charge in [-0.3, -0.25) is 10.3 Å². The van der Waals surface area contributed by atoms with Crippen molar-refractivity contribution < 1.29 is 8.42 Å². The molecule has 0 aromatic heterocycles. The first-order valence-corrected chi connectivity index (χ1v) is 8.54. The minimum Gasteiger partial charge on any atom is -0.386 e. The first-order chi connectivity index (χ1) is 8.86. The third-order valence-corrected chi connectivity index (χ3v) is 6.08. The van der Waals surface area contributed by atoms with Crippen molar-refractivity contribution in [2.24, 2.45) is 11.1 Å². The number of amidine groups is 1. The fraction of sp³-hybridized carbons (Fsp3) is 0.923. The third-order valence-electron chi connectivity index (χ3n) is 3.70. The molecule has 1 aliphatic heterocycles. The van der Waals surface area contributed by atoms with Crippen molar-refractivity contribution in [3.8, 4) is 0 Å². The minimum atomic E-state index is -3.21. The van der Waals surface area contributed by atoms with Crippen LogP contribution < -0.4 is 5.73 Å². The molecule has 0 aliphatic carbocycles. The van der Waals surface area contributed by atoms with E-state index in [-0.39, 0.29) is 17.0 Å². The number of rotatable bonds is 4. The molecule has 3 N–H and O–H groups in total. The number of hydrogen-bond acceptors (Lipinski definition) is 4. The largest absolute Gasteiger partial charge is 0.386 e. The van der Waals surface area contributed by atoms with E-state index < -0.39 is 15.6 Å². The molecule has 7 heteroatoms. The lowest BCUT2D eigenvalue weighted by Crippen LogP contribution is -2.60. The molecule has 0 radical (unpaired) electrons. The molecule has 118 valence electrons. The predicted octanol–water partition coefficient (Wildman–Crippen LogP) is 0.694. The van der Waals surface area contributed by atoms with E-state index in [4.69, 9.17) is 11.1 Å². The van der Waals surface area contributed by atoms with Crippen molar-refractivity contribution in [3.05, 3.63) is 0 Å². The summed E-state index contributed by atoms with van der Waals surface area (Å²) in [7, 11) is -3.21. The van der Waals surface area contributed by atoms with Crippen LogP contribution in [0.2, 0.25) is 0 Å². The molecule has 0 unspecified atom stereocenters. The zero-order valence-electron chi connectivity index (χ0n) is 13.2. The normalized spacial score (nSPS) is 20.1. The molecular formula is C13H28N4O2S. The second-order valence-electron chi connectivity index (χ2n) is 7.18. The van der Waals surface area contributed by atoms with Crippen molar-refractivity contribution in [2.75, 3.05) is 31.9 Å². The summed E-state index contributed by atoms with van der Waals surface area (Å²) in [5.74, 6) is 0.277. The summed E-state index contributed by atoms with van der Waals surface area (Å²) >= 11 is 0. The van der Waals surface area contributed by atoms with E-state index >= 15 is 0 Å². The molecule has 0 amide bonds. The van der Waals surface area contributed by atoms with Gasteiger partial charge in [0.25, 0.3) is 0 Å². The average Bonchev–Trinajstić information content (AvgIpc) is 2.25. The number of nitrogens with zero attached hydrogens (tertiary/aromatic N) is 2. The Hall–Kier alpha value is -0.660. The molecule has 20 heavy (non-hydrogen) atoms. The standard InChI is InChI=1S/C13H28N4O2S/c1-12(2,3)10-20(18,19)17-8-6-16(7-9-17)13(4,5)11(14)15/h6-10H2,1-5H3,(H3,14,15). The van der Waals surface area contributed by atoms with Gasteiger partial charge in [-0.15, -0.1) is 0 Å². The third kappa shape index (κ3) is 4.17. The number of piperazine rings is 1. The molecule has 1 heterocycles. The lowest BCUT2D eigenvalue weighted by atomic mass is 10.0. The van der Waals surface area contributed by atoms with Gasteiger partial charge in [0.2, 0.25) is 10.0 Å². The Morgan fingerprint density at radius 3 is 1.90 bits per heavy atom. The van der Waals surface area contributed by atoms with Crippen molar-refractivity contribution in [3.63, 3.8) is 0 Å². The van der Waals surface area contributed by atoms with Crippen LogP contribution in [0.3, 0.4) is 0 Å². The van der Waals surface area contributed by atoms with E-state index in [1.54, 1.807) is 4.31 Å². The molecule has 1 saturated heterocycles. The maximum Gasteiger partial charge on any atom is 0.214 e. The maximum absolute atomic E-state index is 12.3.